The molecule has 176 valence electrons. The topological polar surface area (TPSA) is 119 Å². The fourth-order valence-corrected chi connectivity index (χ4v) is 3.46. The Kier molecular flexibility index (Phi) is 6.56. The molecule has 0 unspecified atom stereocenters. The van der Waals surface area contributed by atoms with Crippen LogP contribution in [-0.2, 0) is 16.2 Å². The van der Waals surface area contributed by atoms with Crippen molar-refractivity contribution in [2.75, 3.05) is 4.90 Å². The molecule has 0 saturated carbocycles. The number of hydrogen-bond acceptors (Lipinski definition) is 6. The number of imide groups is 2. The zero-order valence-electron chi connectivity index (χ0n) is 17.7. The first-order valence-corrected chi connectivity index (χ1v) is 10.4. The number of hydrogen-bond donors (Lipinski definition) is 1. The number of rotatable bonds is 6. The maximum absolute atomic E-state index is 13.1. The molecule has 1 saturated heterocycles. The number of non-ortho nitro benzene ring substituents is 1. The monoisotopic (exact) mass is 495 g/mol. The van der Waals surface area contributed by atoms with E-state index in [1.165, 1.54) is 36.4 Å². The molecule has 0 atom stereocenters. The van der Waals surface area contributed by atoms with Crippen LogP contribution in [0.25, 0.3) is 6.08 Å². The van der Waals surface area contributed by atoms with Crippen molar-refractivity contribution in [3.05, 3.63) is 104 Å². The lowest BCUT2D eigenvalue weighted by atomic mass is 10.1. The molecule has 0 aromatic heterocycles. The van der Waals surface area contributed by atoms with E-state index in [0.29, 0.717) is 15.5 Å². The van der Waals surface area contributed by atoms with E-state index in [1.54, 1.807) is 24.3 Å². The van der Waals surface area contributed by atoms with Crippen molar-refractivity contribution in [2.45, 2.75) is 6.61 Å². The number of ether oxygens (including phenoxy) is 1. The summed E-state index contributed by atoms with van der Waals surface area (Å²) >= 11 is 6.10. The van der Waals surface area contributed by atoms with Gasteiger partial charge in [-0.25, -0.2) is 14.1 Å². The van der Waals surface area contributed by atoms with Crippen LogP contribution in [-0.4, -0.2) is 22.8 Å². The minimum Gasteiger partial charge on any atom is -0.488 e. The number of carbonyl (C=O) groups excluding carboxylic acids is 3. The number of nitro groups is 1. The summed E-state index contributed by atoms with van der Waals surface area (Å²) in [4.78, 5) is 48.9. The van der Waals surface area contributed by atoms with Crippen molar-refractivity contribution in [2.24, 2.45) is 0 Å². The maximum Gasteiger partial charge on any atom is 0.335 e. The third-order valence-electron chi connectivity index (χ3n) is 5.00. The molecule has 4 amide bonds. The first kappa shape index (κ1) is 23.6. The Morgan fingerprint density at radius 2 is 1.71 bits per heavy atom. The van der Waals surface area contributed by atoms with Crippen molar-refractivity contribution in [1.29, 1.82) is 0 Å². The lowest BCUT2D eigenvalue weighted by Crippen LogP contribution is -2.54. The second-order valence-corrected chi connectivity index (χ2v) is 7.77. The van der Waals surface area contributed by atoms with E-state index >= 15 is 0 Å². The summed E-state index contributed by atoms with van der Waals surface area (Å²) in [5, 5.41) is 13.3. The van der Waals surface area contributed by atoms with Crippen LogP contribution in [0.3, 0.4) is 0 Å². The number of carbonyl (C=O) groups is 3. The van der Waals surface area contributed by atoms with E-state index in [9.17, 15) is 28.9 Å². The van der Waals surface area contributed by atoms with Crippen LogP contribution >= 0.6 is 11.6 Å². The fraction of sp³-hybridized carbons (Fsp3) is 0.0417. The molecule has 1 fully saturated rings. The SMILES string of the molecule is O=C1NC(=O)N(c2ccc([N+](=O)[O-])cc2)C(=O)/C1=C\c1cc(Cl)ccc1OCc1ccc(F)cc1. The standard InChI is InChI=1S/C24H15ClFN3O6/c25-16-3-10-21(35-13-14-1-4-17(26)5-2-14)15(11-16)12-20-22(30)27-24(32)28(23(20)31)18-6-8-19(9-7-18)29(33)34/h1-12H,13H2,(H,27,30,32)/b20-12-. The van der Waals surface area contributed by atoms with Gasteiger partial charge < -0.3 is 4.74 Å². The van der Waals surface area contributed by atoms with Crippen molar-refractivity contribution < 1.29 is 28.4 Å². The van der Waals surface area contributed by atoms with Gasteiger partial charge >= 0.3 is 6.03 Å². The van der Waals surface area contributed by atoms with Gasteiger partial charge in [-0.05, 0) is 54.1 Å². The first-order valence-electron chi connectivity index (χ1n) is 10.1. The van der Waals surface area contributed by atoms with Gasteiger partial charge in [-0.15, -0.1) is 0 Å². The first-order chi connectivity index (χ1) is 16.7. The second kappa shape index (κ2) is 9.74. The number of nitrogens with zero attached hydrogens (tertiary/aromatic N) is 2. The van der Waals surface area contributed by atoms with Crippen LogP contribution in [0.5, 0.6) is 5.75 Å². The van der Waals surface area contributed by atoms with Crippen LogP contribution in [0, 0.1) is 15.9 Å². The number of benzene rings is 3. The normalized spacial score (nSPS) is 14.7. The quantitative estimate of drug-likeness (QED) is 0.230. The molecule has 1 heterocycles. The highest BCUT2D eigenvalue weighted by atomic mass is 35.5. The highest BCUT2D eigenvalue weighted by Gasteiger charge is 2.37. The number of amides is 4. The summed E-state index contributed by atoms with van der Waals surface area (Å²) in [6.07, 6.45) is 1.23. The molecule has 0 bridgehead atoms. The van der Waals surface area contributed by atoms with Gasteiger partial charge in [0.1, 0.15) is 23.7 Å². The van der Waals surface area contributed by atoms with Gasteiger partial charge in [-0.2, -0.15) is 0 Å². The van der Waals surface area contributed by atoms with Gasteiger partial charge in [0.2, 0.25) is 0 Å². The van der Waals surface area contributed by atoms with Gasteiger partial charge in [0.25, 0.3) is 17.5 Å². The predicted octanol–water partition coefficient (Wildman–Crippen LogP) is 4.63. The lowest BCUT2D eigenvalue weighted by Gasteiger charge is -2.26. The minimum atomic E-state index is -0.995. The molecular formula is C24H15ClFN3O6. The summed E-state index contributed by atoms with van der Waals surface area (Å²) in [5.74, 6) is -1.97. The summed E-state index contributed by atoms with van der Waals surface area (Å²) in [7, 11) is 0. The molecule has 11 heteroatoms. The van der Waals surface area contributed by atoms with Crippen LogP contribution < -0.4 is 15.0 Å². The van der Waals surface area contributed by atoms with Gasteiger partial charge in [-0.1, -0.05) is 23.7 Å². The Morgan fingerprint density at radius 1 is 1.03 bits per heavy atom. The molecule has 1 aliphatic heterocycles. The average molecular weight is 496 g/mol. The summed E-state index contributed by atoms with van der Waals surface area (Å²) in [6, 6.07) is 14.0. The fourth-order valence-electron chi connectivity index (χ4n) is 3.28. The van der Waals surface area contributed by atoms with Gasteiger partial charge in [0.05, 0.1) is 10.6 Å². The highest BCUT2D eigenvalue weighted by molar-refractivity contribution is 6.39. The molecule has 0 aliphatic carbocycles. The van der Waals surface area contributed by atoms with E-state index < -0.39 is 22.8 Å². The maximum atomic E-state index is 13.1. The second-order valence-electron chi connectivity index (χ2n) is 7.33. The smallest absolute Gasteiger partial charge is 0.335 e. The third-order valence-corrected chi connectivity index (χ3v) is 5.23. The number of nitro benzene ring substituents is 1. The molecule has 9 nitrogen and oxygen atoms in total. The minimum absolute atomic E-state index is 0.0374. The van der Waals surface area contributed by atoms with Crippen molar-refractivity contribution in [1.82, 2.24) is 5.32 Å². The molecule has 3 aromatic carbocycles. The highest BCUT2D eigenvalue weighted by Crippen LogP contribution is 2.29. The molecular weight excluding hydrogens is 481 g/mol. The van der Waals surface area contributed by atoms with E-state index in [0.717, 1.165) is 12.1 Å². The number of anilines is 1. The Labute approximate surface area is 202 Å². The Hall–Kier alpha value is -4.57. The molecule has 0 radical (unpaired) electrons. The lowest BCUT2D eigenvalue weighted by molar-refractivity contribution is -0.384. The van der Waals surface area contributed by atoms with Crippen LogP contribution in [0.4, 0.5) is 20.6 Å². The van der Waals surface area contributed by atoms with E-state index in [2.05, 4.69) is 5.32 Å². The van der Waals surface area contributed by atoms with Crippen LogP contribution in [0.1, 0.15) is 11.1 Å². The number of nitrogens with one attached hydrogen (secondary N) is 1. The Morgan fingerprint density at radius 3 is 2.37 bits per heavy atom. The van der Waals surface area contributed by atoms with E-state index in [-0.39, 0.29) is 40.7 Å². The Bertz CT molecular complexity index is 1370. The van der Waals surface area contributed by atoms with Crippen molar-refractivity contribution >= 4 is 46.9 Å². The van der Waals surface area contributed by atoms with E-state index in [1.807, 2.05) is 0 Å². The molecule has 1 aliphatic rings. The molecule has 35 heavy (non-hydrogen) atoms. The van der Waals surface area contributed by atoms with Gasteiger partial charge in [-0.3, -0.25) is 25.0 Å². The van der Waals surface area contributed by atoms with Crippen LogP contribution in [0.15, 0.2) is 72.3 Å². The molecule has 1 N–H and O–H groups in total. The summed E-state index contributed by atoms with van der Waals surface area (Å²) in [6.45, 7) is 0.0750. The largest absolute Gasteiger partial charge is 0.488 e. The van der Waals surface area contributed by atoms with Crippen molar-refractivity contribution in [3.63, 3.8) is 0 Å². The van der Waals surface area contributed by atoms with Gasteiger partial charge in [0.15, 0.2) is 0 Å². The van der Waals surface area contributed by atoms with Crippen molar-refractivity contribution in [3.8, 4) is 5.75 Å². The zero-order valence-corrected chi connectivity index (χ0v) is 18.5. The molecule has 0 spiro atoms. The van der Waals surface area contributed by atoms with Gasteiger partial charge in [0, 0.05) is 22.7 Å². The Balaban J connectivity index is 1.65. The zero-order chi connectivity index (χ0) is 25.1. The third kappa shape index (κ3) is 5.17. The number of barbiturate groups is 1. The predicted molar refractivity (Wildman–Crippen MR) is 124 cm³/mol. The molecule has 4 rings (SSSR count). The molecule has 3 aromatic rings. The van der Waals surface area contributed by atoms with Crippen LogP contribution in [0.2, 0.25) is 5.02 Å². The number of halogens is 2. The average Bonchev–Trinajstić information content (AvgIpc) is 2.82. The number of urea groups is 1. The summed E-state index contributed by atoms with van der Waals surface area (Å²) < 4.78 is 18.9. The summed E-state index contributed by atoms with van der Waals surface area (Å²) in [5.41, 5.74) is 0.400. The van der Waals surface area contributed by atoms with E-state index in [4.69, 9.17) is 16.3 Å².